The van der Waals surface area contributed by atoms with E-state index in [1.807, 2.05) is 48.7 Å². The van der Waals surface area contributed by atoms with Crippen LogP contribution in [0, 0.1) is 0 Å². The van der Waals surface area contributed by atoms with Gasteiger partial charge in [0.25, 0.3) is 0 Å². The minimum atomic E-state index is -1.38. The van der Waals surface area contributed by atoms with Crippen LogP contribution < -0.4 is 15.7 Å². The molecule has 0 bridgehead atoms. The lowest BCUT2D eigenvalue weighted by Gasteiger charge is -2.35. The van der Waals surface area contributed by atoms with E-state index in [0.717, 1.165) is 16.5 Å². The second-order valence-electron chi connectivity index (χ2n) is 7.53. The van der Waals surface area contributed by atoms with Crippen LogP contribution in [-0.2, 0) is 6.42 Å². The Balaban J connectivity index is 1.76. The van der Waals surface area contributed by atoms with Gasteiger partial charge in [-0.1, -0.05) is 48.5 Å². The van der Waals surface area contributed by atoms with Crippen molar-refractivity contribution in [2.24, 2.45) is 0 Å². The lowest BCUT2D eigenvalue weighted by Crippen LogP contribution is -2.59. The monoisotopic (exact) mass is 396 g/mol. The number of aliphatic hydroxyl groups excluding tert-OH is 2. The van der Waals surface area contributed by atoms with Gasteiger partial charge in [-0.15, -0.1) is 0 Å². The number of fused-ring (bicyclic) bond motifs is 1. The van der Waals surface area contributed by atoms with Crippen LogP contribution in [0.5, 0.6) is 0 Å². The molecule has 5 N–H and O–H groups in total. The highest BCUT2D eigenvalue weighted by Crippen LogP contribution is 2.23. The second kappa shape index (κ2) is 9.09. The molecular formula is C22H26N3O4-. The van der Waals surface area contributed by atoms with E-state index in [1.54, 1.807) is 19.1 Å². The van der Waals surface area contributed by atoms with Crippen LogP contribution in [-0.4, -0.2) is 46.0 Å². The summed E-state index contributed by atoms with van der Waals surface area (Å²) in [6, 6.07) is 16.2. The molecule has 2 aromatic carbocycles. The largest absolute Gasteiger partial charge is 0.530 e. The molecule has 3 rings (SSSR count). The highest BCUT2D eigenvalue weighted by Gasteiger charge is 2.29. The fourth-order valence-corrected chi connectivity index (χ4v) is 3.61. The maximum atomic E-state index is 11.3. The number of hydrogen-bond acceptors (Lipinski definition) is 5. The van der Waals surface area contributed by atoms with Gasteiger partial charge in [-0.05, 0) is 30.5 Å². The number of carbonyl (C=O) groups is 1. The molecule has 29 heavy (non-hydrogen) atoms. The molecule has 1 amide bonds. The van der Waals surface area contributed by atoms with Gasteiger partial charge in [-0.3, -0.25) is 0 Å². The highest BCUT2D eigenvalue weighted by molar-refractivity contribution is 5.83. The Hall–Kier alpha value is -2.87. The summed E-state index contributed by atoms with van der Waals surface area (Å²) < 4.78 is 0. The van der Waals surface area contributed by atoms with Crippen molar-refractivity contribution in [2.45, 2.75) is 31.0 Å². The molecule has 0 aliphatic heterocycles. The van der Waals surface area contributed by atoms with Crippen molar-refractivity contribution in [3.8, 4) is 0 Å². The molecular weight excluding hydrogens is 370 g/mol. The summed E-state index contributed by atoms with van der Waals surface area (Å²) in [6.07, 6.45) is -0.0421. The lowest BCUT2D eigenvalue weighted by molar-refractivity contribution is -0.253. The molecule has 1 heterocycles. The third kappa shape index (κ3) is 5.14. The Kier molecular flexibility index (Phi) is 6.53. The molecule has 0 spiro atoms. The molecule has 3 unspecified atom stereocenters. The average molecular weight is 396 g/mol. The van der Waals surface area contributed by atoms with Gasteiger partial charge in [-0.2, -0.15) is 0 Å². The van der Waals surface area contributed by atoms with E-state index in [1.165, 1.54) is 0 Å². The Labute approximate surface area is 169 Å². The van der Waals surface area contributed by atoms with Crippen LogP contribution in [0.1, 0.15) is 24.2 Å². The number of carbonyl (C=O) groups excluding carboxylic acids is 1. The molecule has 0 aliphatic carbocycles. The first-order valence-electron chi connectivity index (χ1n) is 9.53. The highest BCUT2D eigenvalue weighted by atomic mass is 16.4. The molecule has 0 radical (unpaired) electrons. The number of aromatic nitrogens is 1. The number of rotatable bonds is 9. The number of aliphatic hydroxyl groups is 2. The van der Waals surface area contributed by atoms with Gasteiger partial charge in [0.05, 0.1) is 24.3 Å². The number of para-hydroxylation sites is 1. The summed E-state index contributed by atoms with van der Waals surface area (Å²) in [5.74, 6) is 0. The molecule has 1 aromatic heterocycles. The summed E-state index contributed by atoms with van der Waals surface area (Å²) in [7, 11) is 0. The van der Waals surface area contributed by atoms with Crippen molar-refractivity contribution in [3.63, 3.8) is 0 Å². The first-order valence-corrected chi connectivity index (χ1v) is 9.53. The fraction of sp³-hybridized carbons (Fsp3) is 0.318. The Morgan fingerprint density at radius 1 is 1.17 bits per heavy atom. The zero-order chi connectivity index (χ0) is 20.9. The van der Waals surface area contributed by atoms with Crippen molar-refractivity contribution in [2.75, 3.05) is 13.2 Å². The molecule has 154 valence electrons. The smallest absolute Gasteiger partial charge is 0.134 e. The van der Waals surface area contributed by atoms with E-state index >= 15 is 0 Å². The number of nitrogens with one attached hydrogen (secondary N) is 3. The van der Waals surface area contributed by atoms with E-state index in [4.69, 9.17) is 0 Å². The van der Waals surface area contributed by atoms with Crippen LogP contribution in [0.4, 0.5) is 4.79 Å². The van der Waals surface area contributed by atoms with Crippen LogP contribution in [0.3, 0.4) is 0 Å². The van der Waals surface area contributed by atoms with E-state index in [0.29, 0.717) is 12.0 Å². The zero-order valence-electron chi connectivity index (χ0n) is 16.3. The van der Waals surface area contributed by atoms with Gasteiger partial charge in [0.15, 0.2) is 0 Å². The van der Waals surface area contributed by atoms with Crippen LogP contribution in [0.15, 0.2) is 60.8 Å². The standard InChI is InChI=1S/C22H27N3O4/c1-22(25-21(28)29,11-16-12-23-18-10-6-5-9-17(16)18)14-24-19(13-26)20(27)15-7-3-2-4-8-15/h2-10,12,19-20,23-27H,11,13-14H2,1H3,(H,28,29)/p-1. The molecule has 0 saturated carbocycles. The van der Waals surface area contributed by atoms with E-state index < -0.39 is 23.8 Å². The normalized spacial score (nSPS) is 15.6. The fourth-order valence-electron chi connectivity index (χ4n) is 3.61. The molecule has 0 aliphatic rings. The number of amides is 1. The lowest BCUT2D eigenvalue weighted by atomic mass is 9.91. The second-order valence-corrected chi connectivity index (χ2v) is 7.53. The van der Waals surface area contributed by atoms with Gasteiger partial charge in [-0.25, -0.2) is 0 Å². The summed E-state index contributed by atoms with van der Waals surface area (Å²) in [5.41, 5.74) is 1.69. The predicted octanol–water partition coefficient (Wildman–Crippen LogP) is 1.09. The molecule has 7 heteroatoms. The van der Waals surface area contributed by atoms with Gasteiger partial charge >= 0.3 is 0 Å². The minimum absolute atomic E-state index is 0.190. The summed E-state index contributed by atoms with van der Waals surface area (Å²) in [6.45, 7) is 1.65. The molecule has 0 saturated heterocycles. The van der Waals surface area contributed by atoms with Crippen molar-refractivity contribution < 1.29 is 20.1 Å². The van der Waals surface area contributed by atoms with Crippen LogP contribution in [0.25, 0.3) is 10.9 Å². The number of hydrogen-bond donors (Lipinski definition) is 5. The molecule has 7 nitrogen and oxygen atoms in total. The van der Waals surface area contributed by atoms with E-state index in [9.17, 15) is 20.1 Å². The van der Waals surface area contributed by atoms with Crippen molar-refractivity contribution in [1.29, 1.82) is 0 Å². The van der Waals surface area contributed by atoms with Crippen LogP contribution in [0.2, 0.25) is 0 Å². The summed E-state index contributed by atoms with van der Waals surface area (Å²) in [5, 5.41) is 38.3. The third-order valence-corrected chi connectivity index (χ3v) is 5.13. The average Bonchev–Trinajstić information content (AvgIpc) is 3.11. The van der Waals surface area contributed by atoms with Gasteiger partial charge in [0.2, 0.25) is 0 Å². The number of H-pyrrole nitrogens is 1. The van der Waals surface area contributed by atoms with Gasteiger partial charge in [0.1, 0.15) is 6.09 Å². The first-order chi connectivity index (χ1) is 13.9. The maximum Gasteiger partial charge on any atom is 0.134 e. The zero-order valence-corrected chi connectivity index (χ0v) is 16.3. The van der Waals surface area contributed by atoms with Gasteiger partial charge in [0, 0.05) is 23.6 Å². The van der Waals surface area contributed by atoms with Crippen LogP contribution >= 0.6 is 0 Å². The van der Waals surface area contributed by atoms with E-state index in [-0.39, 0.29) is 13.2 Å². The topological polar surface area (TPSA) is 120 Å². The van der Waals surface area contributed by atoms with Crippen molar-refractivity contribution in [3.05, 3.63) is 71.9 Å². The Morgan fingerprint density at radius 3 is 2.55 bits per heavy atom. The predicted molar refractivity (Wildman–Crippen MR) is 109 cm³/mol. The third-order valence-electron chi connectivity index (χ3n) is 5.13. The van der Waals surface area contributed by atoms with Crippen molar-refractivity contribution in [1.82, 2.24) is 15.6 Å². The maximum absolute atomic E-state index is 11.3. The minimum Gasteiger partial charge on any atom is -0.530 e. The number of aromatic amines is 1. The van der Waals surface area contributed by atoms with Crippen molar-refractivity contribution >= 4 is 17.0 Å². The quantitative estimate of drug-likeness (QED) is 0.371. The number of carboxylic acid groups (broad SMARTS) is 1. The molecule has 3 aromatic rings. The molecule has 0 fully saturated rings. The molecule has 3 atom stereocenters. The first kappa shape index (κ1) is 20.9. The summed E-state index contributed by atoms with van der Waals surface area (Å²) >= 11 is 0. The van der Waals surface area contributed by atoms with E-state index in [2.05, 4.69) is 15.6 Å². The SMILES string of the molecule is CC(CNC(CO)C(O)c1ccccc1)(Cc1c[nH]c2ccccc12)NC(=O)[O-]. The number of benzene rings is 2. The Morgan fingerprint density at radius 2 is 1.86 bits per heavy atom. The summed E-state index contributed by atoms with van der Waals surface area (Å²) in [4.78, 5) is 14.5. The van der Waals surface area contributed by atoms with Gasteiger partial charge < -0.3 is 35.7 Å². The Bertz CT molecular complexity index is 943.